The molecule has 1 fully saturated rings. The van der Waals surface area contributed by atoms with Gasteiger partial charge in [-0.25, -0.2) is 17.9 Å². The number of carboxylic acids is 1. The van der Waals surface area contributed by atoms with E-state index in [1.165, 1.54) is 11.4 Å². The minimum absolute atomic E-state index is 0.0342. The molecule has 1 saturated carbocycles. The third kappa shape index (κ3) is 2.73. The zero-order valence-electron chi connectivity index (χ0n) is 9.97. The molecule has 0 spiro atoms. The van der Waals surface area contributed by atoms with Crippen LogP contribution in [0.5, 0.6) is 0 Å². The van der Waals surface area contributed by atoms with Crippen molar-refractivity contribution < 1.29 is 18.3 Å². The molecule has 0 aromatic carbocycles. The molecule has 0 radical (unpaired) electrons. The third-order valence-corrected chi connectivity index (χ3v) is 5.87. The molecular weight excluding hydrogens is 274 g/mol. The molecule has 1 aliphatic rings. The first kappa shape index (κ1) is 13.5. The fraction of sp³-hybridized carbons (Fsp3) is 0.545. The number of rotatable bonds is 4. The molecule has 5 nitrogen and oxygen atoms in total. The minimum Gasteiger partial charge on any atom is -0.477 e. The number of thiophene rings is 1. The average Bonchev–Trinajstić information content (AvgIpc) is 2.85. The Bertz CT molecular complexity index is 555. The standard InChI is InChI=1S/C11H15NO4S2/c1-11(4-2-3-5-11)12-18(15,16)8-6-9(10(13)14)17-7-8/h6-7,12H,2-5H2,1H3,(H,13,14). The average molecular weight is 289 g/mol. The molecule has 1 heterocycles. The van der Waals surface area contributed by atoms with E-state index in [9.17, 15) is 13.2 Å². The second-order valence-electron chi connectivity index (χ2n) is 4.83. The van der Waals surface area contributed by atoms with Crippen molar-refractivity contribution in [3.63, 3.8) is 0 Å². The highest BCUT2D eigenvalue weighted by molar-refractivity contribution is 7.89. The second-order valence-corrected chi connectivity index (χ2v) is 7.42. The lowest BCUT2D eigenvalue weighted by atomic mass is 10.0. The van der Waals surface area contributed by atoms with Gasteiger partial charge in [-0.2, -0.15) is 0 Å². The van der Waals surface area contributed by atoms with E-state index < -0.39 is 21.5 Å². The summed E-state index contributed by atoms with van der Waals surface area (Å²) in [6.45, 7) is 1.89. The quantitative estimate of drug-likeness (QED) is 0.888. The number of hydrogen-bond acceptors (Lipinski definition) is 4. The number of carboxylic acid groups (broad SMARTS) is 1. The van der Waals surface area contributed by atoms with E-state index >= 15 is 0 Å². The maximum absolute atomic E-state index is 12.1. The van der Waals surface area contributed by atoms with Crippen molar-refractivity contribution in [1.82, 2.24) is 4.72 Å². The zero-order valence-corrected chi connectivity index (χ0v) is 11.6. The lowest BCUT2D eigenvalue weighted by Gasteiger charge is -2.24. The van der Waals surface area contributed by atoms with Gasteiger partial charge in [0.05, 0.1) is 4.90 Å². The molecule has 0 atom stereocenters. The van der Waals surface area contributed by atoms with Crippen molar-refractivity contribution in [3.8, 4) is 0 Å². The van der Waals surface area contributed by atoms with Crippen molar-refractivity contribution in [2.45, 2.75) is 43.0 Å². The molecule has 18 heavy (non-hydrogen) atoms. The number of nitrogens with one attached hydrogen (secondary N) is 1. The van der Waals surface area contributed by atoms with E-state index in [1.807, 2.05) is 6.92 Å². The van der Waals surface area contributed by atoms with Gasteiger partial charge in [-0.3, -0.25) is 0 Å². The molecular formula is C11H15NO4S2. The molecule has 1 aliphatic carbocycles. The summed E-state index contributed by atoms with van der Waals surface area (Å²) in [5, 5.41) is 10.2. The smallest absolute Gasteiger partial charge is 0.345 e. The predicted octanol–water partition coefficient (Wildman–Crippen LogP) is 2.06. The molecule has 0 unspecified atom stereocenters. The van der Waals surface area contributed by atoms with Crippen molar-refractivity contribution in [2.75, 3.05) is 0 Å². The summed E-state index contributed by atoms with van der Waals surface area (Å²) in [5.74, 6) is -1.10. The van der Waals surface area contributed by atoms with Gasteiger partial charge in [-0.15, -0.1) is 11.3 Å². The van der Waals surface area contributed by atoms with Crippen LogP contribution in [-0.2, 0) is 10.0 Å². The van der Waals surface area contributed by atoms with Crippen molar-refractivity contribution in [1.29, 1.82) is 0 Å². The topological polar surface area (TPSA) is 83.5 Å². The first-order valence-electron chi connectivity index (χ1n) is 5.68. The van der Waals surface area contributed by atoms with Crippen LogP contribution in [0.25, 0.3) is 0 Å². The van der Waals surface area contributed by atoms with Gasteiger partial charge in [0.15, 0.2) is 0 Å². The van der Waals surface area contributed by atoms with Gasteiger partial charge in [0.1, 0.15) is 4.88 Å². The summed E-state index contributed by atoms with van der Waals surface area (Å²) in [4.78, 5) is 10.8. The highest BCUT2D eigenvalue weighted by Gasteiger charge is 2.34. The molecule has 0 aliphatic heterocycles. The van der Waals surface area contributed by atoms with E-state index in [-0.39, 0.29) is 9.77 Å². The van der Waals surface area contributed by atoms with Gasteiger partial charge in [-0.1, -0.05) is 12.8 Å². The first-order valence-corrected chi connectivity index (χ1v) is 8.05. The Morgan fingerprint density at radius 1 is 1.44 bits per heavy atom. The molecule has 100 valence electrons. The van der Waals surface area contributed by atoms with Crippen LogP contribution >= 0.6 is 11.3 Å². The van der Waals surface area contributed by atoms with Crippen LogP contribution in [0.4, 0.5) is 0 Å². The predicted molar refractivity (Wildman–Crippen MR) is 68.5 cm³/mol. The molecule has 1 aromatic rings. The Morgan fingerprint density at radius 3 is 2.56 bits per heavy atom. The Hall–Kier alpha value is -0.920. The molecule has 7 heteroatoms. The van der Waals surface area contributed by atoms with E-state index in [2.05, 4.69) is 4.72 Å². The minimum atomic E-state index is -3.62. The van der Waals surface area contributed by atoms with Gasteiger partial charge in [0, 0.05) is 10.9 Å². The lowest BCUT2D eigenvalue weighted by Crippen LogP contribution is -2.43. The van der Waals surface area contributed by atoms with Crippen molar-refractivity contribution in [3.05, 3.63) is 16.3 Å². The van der Waals surface area contributed by atoms with Gasteiger partial charge in [-0.05, 0) is 25.8 Å². The van der Waals surface area contributed by atoms with E-state index in [0.29, 0.717) is 0 Å². The fourth-order valence-electron chi connectivity index (χ4n) is 2.21. The maximum Gasteiger partial charge on any atom is 0.345 e. The lowest BCUT2D eigenvalue weighted by molar-refractivity contribution is 0.0702. The number of aromatic carboxylic acids is 1. The second kappa shape index (κ2) is 4.64. The molecule has 2 rings (SSSR count). The van der Waals surface area contributed by atoms with Crippen LogP contribution in [0.1, 0.15) is 42.3 Å². The van der Waals surface area contributed by atoms with Gasteiger partial charge in [0.25, 0.3) is 0 Å². The summed E-state index contributed by atoms with van der Waals surface area (Å²) in [7, 11) is -3.62. The number of hydrogen-bond donors (Lipinski definition) is 2. The highest BCUT2D eigenvalue weighted by atomic mass is 32.2. The summed E-state index contributed by atoms with van der Waals surface area (Å²) < 4.78 is 26.9. The van der Waals surface area contributed by atoms with Crippen molar-refractivity contribution in [2.24, 2.45) is 0 Å². The van der Waals surface area contributed by atoms with E-state index in [4.69, 9.17) is 5.11 Å². The van der Waals surface area contributed by atoms with E-state index in [1.54, 1.807) is 0 Å². The van der Waals surface area contributed by atoms with E-state index in [0.717, 1.165) is 37.0 Å². The van der Waals surface area contributed by atoms with Gasteiger partial charge >= 0.3 is 5.97 Å². The number of carbonyl (C=O) groups is 1. The monoisotopic (exact) mass is 289 g/mol. The summed E-state index contributed by atoms with van der Waals surface area (Å²) in [6, 6.07) is 1.20. The molecule has 1 aromatic heterocycles. The molecule has 2 N–H and O–H groups in total. The SMILES string of the molecule is CC1(NS(=O)(=O)c2csc(C(=O)O)c2)CCCC1. The fourth-order valence-corrected chi connectivity index (χ4v) is 4.79. The maximum atomic E-state index is 12.1. The van der Waals surface area contributed by atoms with Crippen LogP contribution in [0.2, 0.25) is 0 Å². The Morgan fingerprint density at radius 2 is 2.06 bits per heavy atom. The first-order chi connectivity index (χ1) is 8.32. The van der Waals surface area contributed by atoms with Crippen LogP contribution in [0.3, 0.4) is 0 Å². The number of sulfonamides is 1. The highest BCUT2D eigenvalue weighted by Crippen LogP contribution is 2.31. The molecule has 0 saturated heterocycles. The summed E-state index contributed by atoms with van der Waals surface area (Å²) in [6.07, 6.45) is 3.68. The Labute approximate surface area is 110 Å². The zero-order chi connectivity index (χ0) is 13.4. The molecule has 0 amide bonds. The van der Waals surface area contributed by atoms with Crippen LogP contribution in [-0.4, -0.2) is 25.0 Å². The van der Waals surface area contributed by atoms with Gasteiger partial charge < -0.3 is 5.11 Å². The summed E-state index contributed by atoms with van der Waals surface area (Å²) in [5.41, 5.74) is -0.399. The van der Waals surface area contributed by atoms with Crippen LogP contribution in [0.15, 0.2) is 16.3 Å². The van der Waals surface area contributed by atoms with Crippen LogP contribution in [0, 0.1) is 0 Å². The van der Waals surface area contributed by atoms with Crippen LogP contribution < -0.4 is 4.72 Å². The normalized spacial score (nSPS) is 18.9. The van der Waals surface area contributed by atoms with Crippen molar-refractivity contribution >= 4 is 27.3 Å². The third-order valence-electron chi connectivity index (χ3n) is 3.18. The summed E-state index contributed by atoms with van der Waals surface area (Å²) >= 11 is 0.923. The van der Waals surface area contributed by atoms with Gasteiger partial charge in [0.2, 0.25) is 10.0 Å². The Kier molecular flexibility index (Phi) is 3.48. The molecule has 0 bridgehead atoms. The largest absolute Gasteiger partial charge is 0.477 e. The Balaban J connectivity index is 2.22.